The Kier molecular flexibility index (Phi) is 3.42. The summed E-state index contributed by atoms with van der Waals surface area (Å²) in [5, 5.41) is 3.44. The van der Waals surface area contributed by atoms with Gasteiger partial charge in [0.25, 0.3) is 0 Å². The number of nitrogens with one attached hydrogen (secondary N) is 1. The molecule has 102 valence electrons. The number of fused-ring (bicyclic) bond motifs is 1. The van der Waals surface area contributed by atoms with Crippen LogP contribution in [0.1, 0.15) is 30.7 Å². The number of para-hydroxylation sites is 1. The molecule has 2 aliphatic heterocycles. The van der Waals surface area contributed by atoms with E-state index in [2.05, 4.69) is 23.5 Å². The van der Waals surface area contributed by atoms with Crippen molar-refractivity contribution in [2.45, 2.75) is 31.2 Å². The fraction of sp³-hybridized carbons (Fsp3) is 0.533. The van der Waals surface area contributed by atoms with Crippen molar-refractivity contribution in [2.24, 2.45) is 11.7 Å². The fourth-order valence-corrected chi connectivity index (χ4v) is 3.36. The maximum Gasteiger partial charge on any atom is 0.219 e. The lowest BCUT2D eigenvalue weighted by Gasteiger charge is -2.35. The number of hydrogen-bond acceptors (Lipinski definition) is 3. The number of benzene rings is 1. The Morgan fingerprint density at radius 1 is 1.42 bits per heavy atom. The second-order valence-corrected chi connectivity index (χ2v) is 5.56. The Labute approximate surface area is 113 Å². The van der Waals surface area contributed by atoms with Crippen molar-refractivity contribution in [3.8, 4) is 0 Å². The van der Waals surface area contributed by atoms with Crippen LogP contribution in [-0.4, -0.2) is 25.2 Å². The number of anilines is 1. The Morgan fingerprint density at radius 2 is 2.26 bits per heavy atom. The summed E-state index contributed by atoms with van der Waals surface area (Å²) in [6.07, 6.45) is 2.48. The molecule has 2 heterocycles. The third kappa shape index (κ3) is 2.59. The molecule has 0 bridgehead atoms. The van der Waals surface area contributed by atoms with Gasteiger partial charge in [0.1, 0.15) is 0 Å². The van der Waals surface area contributed by atoms with Crippen molar-refractivity contribution in [1.29, 1.82) is 0 Å². The average Bonchev–Trinajstić information content (AvgIpc) is 2.90. The smallest absolute Gasteiger partial charge is 0.219 e. The molecule has 0 radical (unpaired) electrons. The van der Waals surface area contributed by atoms with E-state index in [1.807, 2.05) is 6.07 Å². The highest BCUT2D eigenvalue weighted by molar-refractivity contribution is 5.75. The van der Waals surface area contributed by atoms with Crippen LogP contribution in [0.4, 0.5) is 5.69 Å². The molecule has 0 aromatic heterocycles. The van der Waals surface area contributed by atoms with Gasteiger partial charge in [-0.05, 0) is 36.3 Å². The van der Waals surface area contributed by atoms with Gasteiger partial charge in [-0.25, -0.2) is 0 Å². The molecule has 3 rings (SSSR count). The van der Waals surface area contributed by atoms with Crippen LogP contribution in [0.15, 0.2) is 24.3 Å². The summed E-state index contributed by atoms with van der Waals surface area (Å²) in [5.74, 6) is 0.807. The molecule has 0 spiro atoms. The second-order valence-electron chi connectivity index (χ2n) is 5.56. The molecule has 4 heteroatoms. The molecule has 3 atom stereocenters. The molecule has 1 amide bonds. The van der Waals surface area contributed by atoms with Crippen molar-refractivity contribution >= 4 is 11.6 Å². The van der Waals surface area contributed by atoms with Crippen LogP contribution >= 0.6 is 0 Å². The Balaban J connectivity index is 1.86. The number of amides is 1. The number of carbonyl (C=O) groups excluding carboxylic acids is 1. The minimum absolute atomic E-state index is 0.151. The summed E-state index contributed by atoms with van der Waals surface area (Å²) in [6, 6.07) is 8.54. The second kappa shape index (κ2) is 5.21. The van der Waals surface area contributed by atoms with E-state index in [-0.39, 0.29) is 11.9 Å². The molecular weight excluding hydrogens is 240 g/mol. The van der Waals surface area contributed by atoms with Crippen molar-refractivity contribution in [3.05, 3.63) is 29.8 Å². The maximum atomic E-state index is 11.2. The third-order valence-electron chi connectivity index (χ3n) is 4.24. The molecule has 19 heavy (non-hydrogen) atoms. The van der Waals surface area contributed by atoms with Crippen LogP contribution in [0.5, 0.6) is 0 Å². The maximum absolute atomic E-state index is 11.2. The van der Waals surface area contributed by atoms with Crippen molar-refractivity contribution < 1.29 is 9.53 Å². The summed E-state index contributed by atoms with van der Waals surface area (Å²) in [7, 11) is 0. The number of primary amides is 1. The van der Waals surface area contributed by atoms with E-state index in [0.717, 1.165) is 31.7 Å². The van der Waals surface area contributed by atoms with Crippen LogP contribution in [0, 0.1) is 5.92 Å². The van der Waals surface area contributed by atoms with Crippen molar-refractivity contribution in [3.63, 3.8) is 0 Å². The topological polar surface area (TPSA) is 64.4 Å². The Bertz CT molecular complexity index is 469. The molecular formula is C15H20N2O2. The summed E-state index contributed by atoms with van der Waals surface area (Å²) in [4.78, 5) is 11.2. The quantitative estimate of drug-likeness (QED) is 0.872. The molecule has 1 fully saturated rings. The number of nitrogens with two attached hydrogens (primary N) is 1. The van der Waals surface area contributed by atoms with E-state index in [1.165, 1.54) is 5.56 Å². The first kappa shape index (κ1) is 12.5. The lowest BCUT2D eigenvalue weighted by Crippen LogP contribution is -2.34. The van der Waals surface area contributed by atoms with E-state index < -0.39 is 0 Å². The van der Waals surface area contributed by atoms with E-state index >= 15 is 0 Å². The Morgan fingerprint density at radius 3 is 3.00 bits per heavy atom. The molecule has 1 aromatic rings. The van der Waals surface area contributed by atoms with E-state index in [4.69, 9.17) is 10.5 Å². The lowest BCUT2D eigenvalue weighted by atomic mass is 9.77. The summed E-state index contributed by atoms with van der Waals surface area (Å²) >= 11 is 0. The molecule has 4 nitrogen and oxygen atoms in total. The number of ether oxygens (including phenoxy) is 1. The van der Waals surface area contributed by atoms with Crippen LogP contribution < -0.4 is 11.1 Å². The molecule has 1 aromatic carbocycles. The van der Waals surface area contributed by atoms with Gasteiger partial charge in [-0.2, -0.15) is 0 Å². The first-order valence-electron chi connectivity index (χ1n) is 6.95. The van der Waals surface area contributed by atoms with Gasteiger partial charge in [0, 0.05) is 24.8 Å². The zero-order valence-corrected chi connectivity index (χ0v) is 11.0. The highest BCUT2D eigenvalue weighted by Crippen LogP contribution is 2.42. The average molecular weight is 260 g/mol. The summed E-state index contributed by atoms with van der Waals surface area (Å²) < 4.78 is 5.53. The summed E-state index contributed by atoms with van der Waals surface area (Å²) in [5.41, 5.74) is 7.85. The van der Waals surface area contributed by atoms with Crippen molar-refractivity contribution in [2.75, 3.05) is 18.5 Å². The molecule has 3 unspecified atom stereocenters. The zero-order valence-electron chi connectivity index (χ0n) is 11.0. The van der Waals surface area contributed by atoms with E-state index in [9.17, 15) is 4.79 Å². The standard InChI is InChI=1S/C15H20N2O2/c16-15(18)8-11-7-13(10-5-6-19-9-10)12-3-1-2-4-14(12)17-11/h1-4,10-11,13,17H,5-9H2,(H2,16,18). The molecule has 3 N–H and O–H groups in total. The third-order valence-corrected chi connectivity index (χ3v) is 4.24. The monoisotopic (exact) mass is 260 g/mol. The lowest BCUT2D eigenvalue weighted by molar-refractivity contribution is -0.118. The molecule has 1 saturated heterocycles. The number of carbonyl (C=O) groups is 1. The molecule has 0 aliphatic carbocycles. The summed E-state index contributed by atoms with van der Waals surface area (Å²) in [6.45, 7) is 1.69. The number of rotatable bonds is 3. The van der Waals surface area contributed by atoms with Crippen LogP contribution in [0.25, 0.3) is 0 Å². The Hall–Kier alpha value is -1.55. The van der Waals surface area contributed by atoms with Crippen LogP contribution in [0.2, 0.25) is 0 Å². The van der Waals surface area contributed by atoms with Gasteiger partial charge in [-0.3, -0.25) is 4.79 Å². The molecule has 2 aliphatic rings. The number of hydrogen-bond donors (Lipinski definition) is 2. The van der Waals surface area contributed by atoms with Gasteiger partial charge in [0.05, 0.1) is 6.61 Å². The fourth-order valence-electron chi connectivity index (χ4n) is 3.36. The van der Waals surface area contributed by atoms with E-state index in [0.29, 0.717) is 18.3 Å². The zero-order chi connectivity index (χ0) is 13.2. The predicted molar refractivity (Wildman–Crippen MR) is 73.9 cm³/mol. The van der Waals surface area contributed by atoms with Gasteiger partial charge >= 0.3 is 0 Å². The van der Waals surface area contributed by atoms with Crippen LogP contribution in [0.3, 0.4) is 0 Å². The SMILES string of the molecule is NC(=O)CC1CC(C2CCOC2)c2ccccc2N1. The molecule has 0 saturated carbocycles. The first-order chi connectivity index (χ1) is 9.24. The van der Waals surface area contributed by atoms with Gasteiger partial charge < -0.3 is 15.8 Å². The van der Waals surface area contributed by atoms with Gasteiger partial charge in [-0.15, -0.1) is 0 Å². The predicted octanol–water partition coefficient (Wildman–Crippen LogP) is 1.87. The minimum Gasteiger partial charge on any atom is -0.382 e. The van der Waals surface area contributed by atoms with Gasteiger partial charge in [-0.1, -0.05) is 18.2 Å². The highest BCUT2D eigenvalue weighted by Gasteiger charge is 2.34. The van der Waals surface area contributed by atoms with Gasteiger partial charge in [0.2, 0.25) is 5.91 Å². The van der Waals surface area contributed by atoms with Crippen molar-refractivity contribution in [1.82, 2.24) is 0 Å². The largest absolute Gasteiger partial charge is 0.382 e. The first-order valence-corrected chi connectivity index (χ1v) is 6.95. The normalized spacial score (nSPS) is 29.6. The minimum atomic E-state index is -0.238. The van der Waals surface area contributed by atoms with E-state index in [1.54, 1.807) is 0 Å². The van der Waals surface area contributed by atoms with Gasteiger partial charge in [0.15, 0.2) is 0 Å². The highest BCUT2D eigenvalue weighted by atomic mass is 16.5. The van der Waals surface area contributed by atoms with Crippen LogP contribution in [-0.2, 0) is 9.53 Å².